The molecule has 20 heavy (non-hydrogen) atoms. The third-order valence-corrected chi connectivity index (χ3v) is 3.79. The summed E-state index contributed by atoms with van der Waals surface area (Å²) in [6.45, 7) is 2.86. The lowest BCUT2D eigenvalue weighted by atomic mass is 9.89. The van der Waals surface area contributed by atoms with E-state index in [-0.39, 0.29) is 5.78 Å². The number of hydrogen-bond acceptors (Lipinski definition) is 2. The molecule has 1 atom stereocenters. The van der Waals surface area contributed by atoms with E-state index in [1.165, 1.54) is 5.56 Å². The van der Waals surface area contributed by atoms with Crippen LogP contribution in [0.25, 0.3) is 0 Å². The minimum atomic E-state index is 0.253. The zero-order chi connectivity index (χ0) is 14.1. The molecule has 1 N–H and O–H groups in total. The number of hydrogen-bond donors (Lipinski definition) is 1. The summed E-state index contributed by atoms with van der Waals surface area (Å²) in [6.07, 6.45) is 3.55. The van der Waals surface area contributed by atoms with Crippen LogP contribution in [0.3, 0.4) is 0 Å². The van der Waals surface area contributed by atoms with Crippen molar-refractivity contribution in [2.24, 2.45) is 5.92 Å². The lowest BCUT2D eigenvalue weighted by Crippen LogP contribution is -2.35. The average Bonchev–Trinajstić information content (AvgIpc) is 2.82. The molecular formula is C16H19N2O2+. The van der Waals surface area contributed by atoms with Gasteiger partial charge in [0.25, 0.3) is 0 Å². The third kappa shape index (κ3) is 2.46. The summed E-state index contributed by atoms with van der Waals surface area (Å²) in [5, 5.41) is 3.34. The van der Waals surface area contributed by atoms with Crippen LogP contribution in [0.15, 0.2) is 30.5 Å². The van der Waals surface area contributed by atoms with Crippen molar-refractivity contribution in [3.63, 3.8) is 0 Å². The van der Waals surface area contributed by atoms with Crippen LogP contribution in [-0.2, 0) is 13.0 Å². The molecule has 4 nitrogen and oxygen atoms in total. The van der Waals surface area contributed by atoms with Crippen molar-refractivity contribution in [3.8, 4) is 5.75 Å². The highest BCUT2D eigenvalue weighted by atomic mass is 16.5. The number of H-pyrrole nitrogens is 1. The Bertz CT molecular complexity index is 628. The number of ketones is 1. The molecule has 1 heterocycles. The second-order valence-corrected chi connectivity index (χ2v) is 5.55. The van der Waals surface area contributed by atoms with Crippen molar-refractivity contribution < 1.29 is 14.2 Å². The lowest BCUT2D eigenvalue weighted by molar-refractivity contribution is -0.742. The van der Waals surface area contributed by atoms with E-state index in [1.807, 2.05) is 35.1 Å². The molecule has 1 aromatic carbocycles. The van der Waals surface area contributed by atoms with E-state index >= 15 is 0 Å². The van der Waals surface area contributed by atoms with Gasteiger partial charge in [-0.15, -0.1) is 4.68 Å². The Balaban J connectivity index is 1.81. The van der Waals surface area contributed by atoms with Gasteiger partial charge in [-0.05, 0) is 36.6 Å². The molecule has 0 amide bonds. The molecular weight excluding hydrogens is 252 g/mol. The maximum Gasteiger partial charge on any atom is 0.206 e. The summed E-state index contributed by atoms with van der Waals surface area (Å²) in [5.41, 5.74) is 3.11. The molecule has 0 spiro atoms. The van der Waals surface area contributed by atoms with E-state index in [2.05, 4.69) is 12.0 Å². The quantitative estimate of drug-likeness (QED) is 0.869. The monoisotopic (exact) mass is 271 g/mol. The largest absolute Gasteiger partial charge is 0.497 e. The van der Waals surface area contributed by atoms with Crippen LogP contribution in [0.2, 0.25) is 0 Å². The number of rotatable bonds is 3. The molecule has 0 aliphatic heterocycles. The summed E-state index contributed by atoms with van der Waals surface area (Å²) in [5.74, 6) is 1.54. The number of carbonyl (C=O) groups excluding carboxylic acids is 1. The molecule has 0 saturated carbocycles. The number of nitrogens with zero attached hydrogens (tertiary/aromatic N) is 1. The van der Waals surface area contributed by atoms with Gasteiger partial charge in [0, 0.05) is 12.0 Å². The predicted molar refractivity (Wildman–Crippen MR) is 74.9 cm³/mol. The van der Waals surface area contributed by atoms with Gasteiger partial charge in [0.05, 0.1) is 12.8 Å². The Morgan fingerprint density at radius 1 is 1.30 bits per heavy atom. The minimum Gasteiger partial charge on any atom is -0.497 e. The second kappa shape index (κ2) is 5.12. The van der Waals surface area contributed by atoms with Crippen LogP contribution >= 0.6 is 0 Å². The Hall–Kier alpha value is -2.10. The molecule has 1 aliphatic rings. The fourth-order valence-electron chi connectivity index (χ4n) is 2.76. The van der Waals surface area contributed by atoms with Crippen molar-refractivity contribution in [1.82, 2.24) is 5.10 Å². The number of aromatic nitrogens is 2. The second-order valence-electron chi connectivity index (χ2n) is 5.55. The Kier molecular flexibility index (Phi) is 3.30. The maximum atomic E-state index is 12.0. The fraction of sp³-hybridized carbons (Fsp3) is 0.375. The summed E-state index contributed by atoms with van der Waals surface area (Å²) in [7, 11) is 1.66. The zero-order valence-corrected chi connectivity index (χ0v) is 11.8. The van der Waals surface area contributed by atoms with Gasteiger partial charge in [0.2, 0.25) is 6.20 Å². The van der Waals surface area contributed by atoms with Crippen LogP contribution in [-0.4, -0.2) is 18.0 Å². The van der Waals surface area contributed by atoms with Crippen LogP contribution in [0, 0.1) is 5.92 Å². The molecule has 0 bridgehead atoms. The molecule has 2 aromatic rings. The first-order valence-electron chi connectivity index (χ1n) is 6.93. The highest BCUT2D eigenvalue weighted by molar-refractivity contribution is 5.97. The molecule has 3 rings (SSSR count). The number of nitrogens with one attached hydrogen (secondary N) is 1. The molecule has 4 heteroatoms. The Labute approximate surface area is 118 Å². The molecule has 0 saturated heterocycles. The number of ether oxygens (including phenoxy) is 1. The van der Waals surface area contributed by atoms with Crippen LogP contribution in [0.4, 0.5) is 0 Å². The van der Waals surface area contributed by atoms with E-state index in [0.717, 1.165) is 30.0 Å². The van der Waals surface area contributed by atoms with Crippen LogP contribution < -0.4 is 9.42 Å². The van der Waals surface area contributed by atoms with E-state index in [4.69, 9.17) is 4.74 Å². The van der Waals surface area contributed by atoms with Crippen LogP contribution in [0.5, 0.6) is 5.75 Å². The summed E-state index contributed by atoms with van der Waals surface area (Å²) < 4.78 is 7.14. The SMILES string of the molecule is COc1ccc(C[n+]2cc3c([nH]2)CC(C)CC3=O)cc1. The molecule has 0 fully saturated rings. The number of aromatic amines is 1. The van der Waals surface area contributed by atoms with Gasteiger partial charge in [-0.25, -0.2) is 0 Å². The third-order valence-electron chi connectivity index (χ3n) is 3.79. The number of Topliss-reactive ketones (excluding diaryl/α,β-unsaturated/α-hetero) is 1. The molecule has 104 valence electrons. The van der Waals surface area contributed by atoms with Gasteiger partial charge in [-0.2, -0.15) is 5.10 Å². The normalized spacial score (nSPS) is 17.9. The first kappa shape index (κ1) is 12.9. The summed E-state index contributed by atoms with van der Waals surface area (Å²) >= 11 is 0. The van der Waals surface area contributed by atoms with E-state index in [9.17, 15) is 4.79 Å². The molecule has 1 unspecified atom stereocenters. The first-order valence-corrected chi connectivity index (χ1v) is 6.93. The number of benzene rings is 1. The molecule has 0 radical (unpaired) electrons. The van der Waals surface area contributed by atoms with Crippen LogP contribution in [0.1, 0.15) is 35.0 Å². The zero-order valence-electron chi connectivity index (χ0n) is 11.8. The predicted octanol–water partition coefficient (Wildman–Crippen LogP) is 2.12. The summed E-state index contributed by atoms with van der Waals surface area (Å²) in [4.78, 5) is 12.0. The maximum absolute atomic E-state index is 12.0. The Morgan fingerprint density at radius 3 is 2.75 bits per heavy atom. The van der Waals surface area contributed by atoms with Gasteiger partial charge >= 0.3 is 0 Å². The average molecular weight is 271 g/mol. The lowest BCUT2D eigenvalue weighted by Gasteiger charge is -2.13. The van der Waals surface area contributed by atoms with Gasteiger partial charge in [-0.3, -0.25) is 4.79 Å². The van der Waals surface area contributed by atoms with E-state index in [0.29, 0.717) is 12.3 Å². The van der Waals surface area contributed by atoms with E-state index in [1.54, 1.807) is 7.11 Å². The highest BCUT2D eigenvalue weighted by Gasteiger charge is 2.28. The topological polar surface area (TPSA) is 46.0 Å². The molecule has 1 aliphatic carbocycles. The fourth-order valence-corrected chi connectivity index (χ4v) is 2.76. The Morgan fingerprint density at radius 2 is 2.05 bits per heavy atom. The van der Waals surface area contributed by atoms with Crippen molar-refractivity contribution in [2.75, 3.05) is 7.11 Å². The van der Waals surface area contributed by atoms with Crippen molar-refractivity contribution in [1.29, 1.82) is 0 Å². The molecule has 1 aromatic heterocycles. The number of methoxy groups -OCH3 is 1. The van der Waals surface area contributed by atoms with Crippen molar-refractivity contribution in [2.45, 2.75) is 26.3 Å². The van der Waals surface area contributed by atoms with E-state index < -0.39 is 0 Å². The standard InChI is InChI=1S/C16H18N2O2/c1-11-7-15-14(16(19)8-11)10-18(17-15)9-12-3-5-13(20-2)6-4-12/h3-6,10-11H,7-9H2,1-2H3/p+1. The van der Waals surface area contributed by atoms with Gasteiger partial charge < -0.3 is 4.74 Å². The first-order chi connectivity index (χ1) is 9.65. The smallest absolute Gasteiger partial charge is 0.206 e. The highest BCUT2D eigenvalue weighted by Crippen LogP contribution is 2.22. The van der Waals surface area contributed by atoms with Gasteiger partial charge in [-0.1, -0.05) is 6.92 Å². The summed E-state index contributed by atoms with van der Waals surface area (Å²) in [6, 6.07) is 7.98. The minimum absolute atomic E-state index is 0.253. The van der Waals surface area contributed by atoms with Crippen molar-refractivity contribution in [3.05, 3.63) is 47.3 Å². The van der Waals surface area contributed by atoms with Gasteiger partial charge in [0.1, 0.15) is 11.3 Å². The number of carbonyl (C=O) groups is 1. The van der Waals surface area contributed by atoms with Crippen molar-refractivity contribution >= 4 is 5.78 Å². The number of fused-ring (bicyclic) bond motifs is 1. The van der Waals surface area contributed by atoms with Gasteiger partial charge in [0.15, 0.2) is 12.3 Å².